The van der Waals surface area contributed by atoms with Gasteiger partial charge in [-0.25, -0.2) is 4.98 Å². The average molecular weight is 393 g/mol. The zero-order chi connectivity index (χ0) is 20.2. The molecule has 4 rings (SSSR count). The molecule has 0 bridgehead atoms. The van der Waals surface area contributed by atoms with Gasteiger partial charge in [-0.1, -0.05) is 38.1 Å². The van der Waals surface area contributed by atoms with E-state index < -0.39 is 0 Å². The molecular weight excluding hydrogens is 360 g/mol. The standard InChI is InChI=1S/C24H32N4O/c1-17(2)16-29-20-8-6-7-18(15-20)23(25-19-11-13-28(3)14-12-19)24-26-21-9-4-5-10-22(21)27-24/h4-10,15,17,19,23,25H,11-14,16H2,1-3H3,(H,26,27). The predicted molar refractivity (Wildman–Crippen MR) is 118 cm³/mol. The van der Waals surface area contributed by atoms with Gasteiger partial charge in [0.2, 0.25) is 0 Å². The number of likely N-dealkylation sites (tertiary alicyclic amines) is 1. The molecule has 2 aromatic carbocycles. The molecule has 1 aliphatic heterocycles. The van der Waals surface area contributed by atoms with E-state index in [9.17, 15) is 0 Å². The van der Waals surface area contributed by atoms with Gasteiger partial charge in [-0.2, -0.15) is 0 Å². The lowest BCUT2D eigenvalue weighted by molar-refractivity contribution is 0.228. The first kappa shape index (κ1) is 19.9. The molecule has 2 heterocycles. The summed E-state index contributed by atoms with van der Waals surface area (Å²) in [5, 5.41) is 3.89. The Kier molecular flexibility index (Phi) is 6.16. The highest BCUT2D eigenvalue weighted by atomic mass is 16.5. The first-order valence-corrected chi connectivity index (χ1v) is 10.7. The molecule has 0 amide bonds. The number of aromatic amines is 1. The van der Waals surface area contributed by atoms with Crippen LogP contribution in [-0.2, 0) is 0 Å². The lowest BCUT2D eigenvalue weighted by atomic mass is 10.0. The van der Waals surface area contributed by atoms with E-state index >= 15 is 0 Å². The van der Waals surface area contributed by atoms with Gasteiger partial charge in [-0.05, 0) is 68.7 Å². The van der Waals surface area contributed by atoms with Crippen LogP contribution in [0.1, 0.15) is 44.1 Å². The summed E-state index contributed by atoms with van der Waals surface area (Å²) < 4.78 is 5.99. The number of nitrogens with one attached hydrogen (secondary N) is 2. The number of piperidine rings is 1. The Labute approximate surface area is 173 Å². The SMILES string of the molecule is CC(C)COc1cccc(C(NC2CCN(C)CC2)c2nc3ccccc3[nH]2)c1. The number of para-hydroxylation sites is 2. The van der Waals surface area contributed by atoms with Gasteiger partial charge in [-0.3, -0.25) is 0 Å². The molecule has 1 aromatic heterocycles. The molecular formula is C24H32N4O. The maximum Gasteiger partial charge on any atom is 0.129 e. The van der Waals surface area contributed by atoms with Crippen LogP contribution in [0.15, 0.2) is 48.5 Å². The molecule has 1 fully saturated rings. The van der Waals surface area contributed by atoms with Crippen LogP contribution in [0, 0.1) is 5.92 Å². The molecule has 0 saturated carbocycles. The fourth-order valence-electron chi connectivity index (χ4n) is 3.90. The highest BCUT2D eigenvalue weighted by Gasteiger charge is 2.24. The fourth-order valence-corrected chi connectivity index (χ4v) is 3.90. The molecule has 2 N–H and O–H groups in total. The van der Waals surface area contributed by atoms with Gasteiger partial charge in [0, 0.05) is 6.04 Å². The summed E-state index contributed by atoms with van der Waals surface area (Å²) >= 11 is 0. The number of imidazole rings is 1. The predicted octanol–water partition coefficient (Wildman–Crippen LogP) is 4.37. The van der Waals surface area contributed by atoms with Gasteiger partial charge in [0.05, 0.1) is 23.7 Å². The van der Waals surface area contributed by atoms with Crippen LogP contribution in [0.25, 0.3) is 11.0 Å². The quantitative estimate of drug-likeness (QED) is 0.627. The number of benzene rings is 2. The van der Waals surface area contributed by atoms with Crippen molar-refractivity contribution >= 4 is 11.0 Å². The number of aromatic nitrogens is 2. The minimum atomic E-state index is 0.0124. The second-order valence-electron chi connectivity index (χ2n) is 8.59. The van der Waals surface area contributed by atoms with E-state index in [1.165, 1.54) is 5.56 Å². The minimum absolute atomic E-state index is 0.0124. The van der Waals surface area contributed by atoms with E-state index in [1.54, 1.807) is 0 Å². The summed E-state index contributed by atoms with van der Waals surface area (Å²) in [6.07, 6.45) is 2.30. The van der Waals surface area contributed by atoms with Gasteiger partial charge < -0.3 is 19.9 Å². The molecule has 1 aliphatic rings. The molecule has 154 valence electrons. The Balaban J connectivity index is 1.63. The molecule has 1 unspecified atom stereocenters. The van der Waals surface area contributed by atoms with E-state index in [0.717, 1.165) is 55.1 Å². The number of nitrogens with zero attached hydrogens (tertiary/aromatic N) is 2. The van der Waals surface area contributed by atoms with Crippen molar-refractivity contribution in [1.82, 2.24) is 20.2 Å². The number of fused-ring (bicyclic) bond motifs is 1. The smallest absolute Gasteiger partial charge is 0.129 e. The van der Waals surface area contributed by atoms with Crippen molar-refractivity contribution in [2.45, 2.75) is 38.8 Å². The number of rotatable bonds is 7. The van der Waals surface area contributed by atoms with Crippen LogP contribution in [0.2, 0.25) is 0 Å². The van der Waals surface area contributed by atoms with Crippen molar-refractivity contribution in [2.24, 2.45) is 5.92 Å². The normalized spacial score (nSPS) is 17.1. The maximum absolute atomic E-state index is 5.99. The third-order valence-corrected chi connectivity index (χ3v) is 5.58. The van der Waals surface area contributed by atoms with Crippen LogP contribution in [0.5, 0.6) is 5.75 Å². The van der Waals surface area contributed by atoms with Gasteiger partial charge in [0.25, 0.3) is 0 Å². The lowest BCUT2D eigenvalue weighted by Crippen LogP contribution is -2.42. The highest BCUT2D eigenvalue weighted by molar-refractivity contribution is 5.75. The zero-order valence-electron chi connectivity index (χ0n) is 17.7. The van der Waals surface area contributed by atoms with Crippen LogP contribution in [0.4, 0.5) is 0 Å². The first-order valence-electron chi connectivity index (χ1n) is 10.7. The third-order valence-electron chi connectivity index (χ3n) is 5.58. The Hall–Kier alpha value is -2.37. The van der Waals surface area contributed by atoms with Crippen LogP contribution >= 0.6 is 0 Å². The van der Waals surface area contributed by atoms with E-state index in [0.29, 0.717) is 12.0 Å². The Morgan fingerprint density at radius 2 is 1.93 bits per heavy atom. The molecule has 29 heavy (non-hydrogen) atoms. The Morgan fingerprint density at radius 3 is 2.69 bits per heavy atom. The number of hydrogen-bond acceptors (Lipinski definition) is 4. The summed E-state index contributed by atoms with van der Waals surface area (Å²) in [7, 11) is 2.20. The molecule has 1 saturated heterocycles. The molecule has 1 atom stereocenters. The van der Waals surface area contributed by atoms with E-state index in [1.807, 2.05) is 18.2 Å². The summed E-state index contributed by atoms with van der Waals surface area (Å²) in [5.74, 6) is 2.39. The van der Waals surface area contributed by atoms with E-state index in [-0.39, 0.29) is 6.04 Å². The average Bonchev–Trinajstić information content (AvgIpc) is 3.16. The first-order chi connectivity index (χ1) is 14.1. The largest absolute Gasteiger partial charge is 0.493 e. The summed E-state index contributed by atoms with van der Waals surface area (Å²) in [6, 6.07) is 17.2. The monoisotopic (exact) mass is 392 g/mol. The van der Waals surface area contributed by atoms with Crippen molar-refractivity contribution < 1.29 is 4.74 Å². The van der Waals surface area contributed by atoms with Gasteiger partial charge in [0.1, 0.15) is 11.6 Å². The highest BCUT2D eigenvalue weighted by Crippen LogP contribution is 2.27. The van der Waals surface area contributed by atoms with Crippen LogP contribution < -0.4 is 10.1 Å². The van der Waals surface area contributed by atoms with Gasteiger partial charge in [-0.15, -0.1) is 0 Å². The van der Waals surface area contributed by atoms with E-state index in [4.69, 9.17) is 9.72 Å². The number of H-pyrrole nitrogens is 1. The zero-order valence-corrected chi connectivity index (χ0v) is 17.7. The van der Waals surface area contributed by atoms with Crippen LogP contribution in [0.3, 0.4) is 0 Å². The molecule has 0 aliphatic carbocycles. The van der Waals surface area contributed by atoms with Crippen molar-refractivity contribution in [3.8, 4) is 5.75 Å². The maximum atomic E-state index is 5.99. The second-order valence-corrected chi connectivity index (χ2v) is 8.59. The van der Waals surface area contributed by atoms with Crippen molar-refractivity contribution in [2.75, 3.05) is 26.7 Å². The topological polar surface area (TPSA) is 53.2 Å². The molecule has 3 aromatic rings. The lowest BCUT2D eigenvalue weighted by Gasteiger charge is -2.32. The van der Waals surface area contributed by atoms with Crippen molar-refractivity contribution in [3.63, 3.8) is 0 Å². The number of ether oxygens (including phenoxy) is 1. The molecule has 5 heteroatoms. The van der Waals surface area contributed by atoms with E-state index in [2.05, 4.69) is 66.4 Å². The summed E-state index contributed by atoms with van der Waals surface area (Å²) in [4.78, 5) is 10.8. The summed E-state index contributed by atoms with van der Waals surface area (Å²) in [6.45, 7) is 7.32. The molecule has 5 nitrogen and oxygen atoms in total. The van der Waals surface area contributed by atoms with Gasteiger partial charge in [0.15, 0.2) is 0 Å². The van der Waals surface area contributed by atoms with Crippen LogP contribution in [-0.4, -0.2) is 47.7 Å². The van der Waals surface area contributed by atoms with Gasteiger partial charge >= 0.3 is 0 Å². The third kappa shape index (κ3) is 4.98. The summed E-state index contributed by atoms with van der Waals surface area (Å²) in [5.41, 5.74) is 3.26. The van der Waals surface area contributed by atoms with Crippen molar-refractivity contribution in [3.05, 3.63) is 59.9 Å². The Bertz CT molecular complexity index is 894. The molecule has 0 spiro atoms. The minimum Gasteiger partial charge on any atom is -0.493 e. The Morgan fingerprint density at radius 1 is 1.14 bits per heavy atom. The van der Waals surface area contributed by atoms with Crippen molar-refractivity contribution in [1.29, 1.82) is 0 Å². The second kappa shape index (κ2) is 8.97. The number of hydrogen-bond donors (Lipinski definition) is 2. The molecule has 0 radical (unpaired) electrons. The fraction of sp³-hybridized carbons (Fsp3) is 0.458.